The summed E-state index contributed by atoms with van der Waals surface area (Å²) in [5.74, 6) is 0. The number of rotatable bonds is 8. The Morgan fingerprint density at radius 3 is 1.48 bits per heavy atom. The second kappa shape index (κ2) is 15.1. The Labute approximate surface area is 349 Å². The maximum Gasteiger partial charge on any atom is 0.143 e. The molecule has 1 aromatic heterocycles. The lowest BCUT2D eigenvalue weighted by molar-refractivity contribution is 0.670. The van der Waals surface area contributed by atoms with Gasteiger partial charge in [0.15, 0.2) is 0 Å². The Bertz CT molecular complexity index is 3290. The van der Waals surface area contributed by atoms with Gasteiger partial charge in [-0.15, -0.1) is 0 Å². The van der Waals surface area contributed by atoms with E-state index >= 15 is 0 Å². The van der Waals surface area contributed by atoms with Crippen molar-refractivity contribution in [3.63, 3.8) is 0 Å². The van der Waals surface area contributed by atoms with E-state index < -0.39 is 0 Å². The maximum absolute atomic E-state index is 6.49. The summed E-state index contributed by atoms with van der Waals surface area (Å²) in [7, 11) is 0. The minimum atomic E-state index is 0.899. The van der Waals surface area contributed by atoms with E-state index in [1.54, 1.807) is 0 Å². The highest BCUT2D eigenvalue weighted by molar-refractivity contribution is 6.10. The fraction of sp³-hybridized carbons (Fsp3) is 0. The number of hydrogen-bond acceptors (Lipinski definition) is 2. The first kappa shape index (κ1) is 35.2. The van der Waals surface area contributed by atoms with Gasteiger partial charge < -0.3 is 9.32 Å². The lowest BCUT2D eigenvalue weighted by atomic mass is 9.87. The normalized spacial score (nSPS) is 11.3. The third-order valence-corrected chi connectivity index (χ3v) is 11.7. The van der Waals surface area contributed by atoms with Crippen LogP contribution in [0.4, 0.5) is 17.1 Å². The van der Waals surface area contributed by atoms with Gasteiger partial charge in [-0.1, -0.05) is 200 Å². The van der Waals surface area contributed by atoms with Crippen LogP contribution in [0.2, 0.25) is 0 Å². The van der Waals surface area contributed by atoms with Crippen LogP contribution in [0.1, 0.15) is 0 Å². The van der Waals surface area contributed by atoms with Crippen molar-refractivity contribution < 1.29 is 4.42 Å². The third kappa shape index (κ3) is 6.23. The highest BCUT2D eigenvalue weighted by Gasteiger charge is 2.23. The average molecular weight is 766 g/mol. The highest BCUT2D eigenvalue weighted by Crippen LogP contribution is 2.48. The summed E-state index contributed by atoms with van der Waals surface area (Å²) in [5, 5.41) is 4.74. The van der Waals surface area contributed by atoms with Crippen LogP contribution in [0.15, 0.2) is 241 Å². The van der Waals surface area contributed by atoms with Crippen molar-refractivity contribution >= 4 is 49.8 Å². The van der Waals surface area contributed by atoms with Gasteiger partial charge in [-0.05, 0) is 91.7 Å². The molecule has 10 aromatic carbocycles. The largest absolute Gasteiger partial charge is 0.455 e. The van der Waals surface area contributed by atoms with Crippen LogP contribution in [-0.4, -0.2) is 0 Å². The van der Waals surface area contributed by atoms with E-state index in [9.17, 15) is 0 Å². The molecular weight excluding hydrogens is 727 g/mol. The molecule has 0 aliphatic rings. The van der Waals surface area contributed by atoms with Crippen LogP contribution < -0.4 is 4.90 Å². The minimum Gasteiger partial charge on any atom is -0.455 e. The first-order valence-electron chi connectivity index (χ1n) is 20.5. The molecule has 0 radical (unpaired) electrons. The van der Waals surface area contributed by atoms with Gasteiger partial charge in [0.1, 0.15) is 11.2 Å². The molecule has 2 heteroatoms. The summed E-state index contributed by atoms with van der Waals surface area (Å²) in [6.45, 7) is 0. The van der Waals surface area contributed by atoms with Crippen LogP contribution in [0.3, 0.4) is 0 Å². The summed E-state index contributed by atoms with van der Waals surface area (Å²) in [6.07, 6.45) is 0. The van der Waals surface area contributed by atoms with Gasteiger partial charge >= 0.3 is 0 Å². The molecule has 0 saturated heterocycles. The summed E-state index contributed by atoms with van der Waals surface area (Å²) < 4.78 is 6.49. The lowest BCUT2D eigenvalue weighted by Crippen LogP contribution is -2.12. The quantitative estimate of drug-likeness (QED) is 0.153. The third-order valence-electron chi connectivity index (χ3n) is 11.7. The Hall–Kier alpha value is -7.94. The van der Waals surface area contributed by atoms with Gasteiger partial charge in [0.25, 0.3) is 0 Å². The zero-order chi connectivity index (χ0) is 39.8. The number of nitrogens with zero attached hydrogens (tertiary/aromatic N) is 1. The molecule has 0 unspecified atom stereocenters. The molecule has 0 amide bonds. The monoisotopic (exact) mass is 765 g/mol. The number of furan rings is 1. The van der Waals surface area contributed by atoms with E-state index in [0.717, 1.165) is 61.3 Å². The van der Waals surface area contributed by atoms with Crippen molar-refractivity contribution in [2.24, 2.45) is 0 Å². The van der Waals surface area contributed by atoms with Crippen LogP contribution in [0.25, 0.3) is 88.3 Å². The predicted octanol–water partition coefficient (Wildman–Crippen LogP) is 16.5. The van der Waals surface area contributed by atoms with Gasteiger partial charge in [-0.25, -0.2) is 0 Å². The molecular formula is C58H39NO. The molecule has 0 aliphatic heterocycles. The van der Waals surface area contributed by atoms with E-state index in [1.165, 1.54) is 44.2 Å². The molecule has 0 N–H and O–H groups in total. The van der Waals surface area contributed by atoms with Gasteiger partial charge in [0, 0.05) is 33.3 Å². The highest BCUT2D eigenvalue weighted by atomic mass is 16.3. The molecule has 1 heterocycles. The smallest absolute Gasteiger partial charge is 0.143 e. The molecule has 11 aromatic rings. The van der Waals surface area contributed by atoms with E-state index in [0.29, 0.717) is 0 Å². The Morgan fingerprint density at radius 2 is 0.750 bits per heavy atom. The second-order valence-electron chi connectivity index (χ2n) is 15.2. The maximum atomic E-state index is 6.49. The lowest BCUT2D eigenvalue weighted by Gasteiger charge is -2.30. The molecule has 60 heavy (non-hydrogen) atoms. The second-order valence-corrected chi connectivity index (χ2v) is 15.2. The van der Waals surface area contributed by atoms with Gasteiger partial charge in [-0.2, -0.15) is 0 Å². The summed E-state index contributed by atoms with van der Waals surface area (Å²) in [5.41, 5.74) is 16.6. The molecule has 0 fully saturated rings. The first-order valence-corrected chi connectivity index (χ1v) is 20.5. The minimum absolute atomic E-state index is 0.899. The van der Waals surface area contributed by atoms with E-state index in [2.05, 4.69) is 229 Å². The molecule has 0 saturated carbocycles. The topological polar surface area (TPSA) is 16.4 Å². The van der Waals surface area contributed by atoms with Gasteiger partial charge in [-0.3, -0.25) is 0 Å². The predicted molar refractivity (Wildman–Crippen MR) is 253 cm³/mol. The number of hydrogen-bond donors (Lipinski definition) is 0. The summed E-state index contributed by atoms with van der Waals surface area (Å²) in [4.78, 5) is 2.42. The van der Waals surface area contributed by atoms with E-state index in [1.807, 2.05) is 12.1 Å². The van der Waals surface area contributed by atoms with Crippen molar-refractivity contribution in [1.29, 1.82) is 0 Å². The molecule has 0 atom stereocenters. The molecule has 282 valence electrons. The Kier molecular flexibility index (Phi) is 8.87. The average Bonchev–Trinajstić information content (AvgIpc) is 3.72. The zero-order valence-corrected chi connectivity index (χ0v) is 32.9. The molecule has 0 aliphatic carbocycles. The van der Waals surface area contributed by atoms with Gasteiger partial charge in [0.2, 0.25) is 0 Å². The number of para-hydroxylation sites is 2. The molecule has 11 rings (SSSR count). The number of anilines is 3. The zero-order valence-electron chi connectivity index (χ0n) is 32.9. The van der Waals surface area contributed by atoms with Crippen molar-refractivity contribution in [1.82, 2.24) is 0 Å². The van der Waals surface area contributed by atoms with Crippen LogP contribution in [0.5, 0.6) is 0 Å². The fourth-order valence-electron chi connectivity index (χ4n) is 8.90. The van der Waals surface area contributed by atoms with Crippen molar-refractivity contribution in [3.05, 3.63) is 237 Å². The standard InChI is InChI=1S/C58H39NO/c1-3-16-40(17-4-1)49-23-9-10-25-53(49)57-50(42-18-5-2-6-19-42)27-15-30-55(57)59(45-36-32-43(33-37-45)48-26-13-21-41-20-7-8-22-47(41)48)46-38-34-44(35-39-46)51-28-14-29-54-52-24-11-12-31-56(52)60-58(51)54/h1-39H. The first-order chi connectivity index (χ1) is 29.8. The van der Waals surface area contributed by atoms with Crippen molar-refractivity contribution in [3.8, 4) is 55.6 Å². The summed E-state index contributed by atoms with van der Waals surface area (Å²) >= 11 is 0. The fourth-order valence-corrected chi connectivity index (χ4v) is 8.90. The van der Waals surface area contributed by atoms with Crippen LogP contribution in [-0.2, 0) is 0 Å². The van der Waals surface area contributed by atoms with Crippen LogP contribution in [0, 0.1) is 0 Å². The number of benzene rings is 10. The van der Waals surface area contributed by atoms with E-state index in [-0.39, 0.29) is 0 Å². The Morgan fingerprint density at radius 1 is 0.283 bits per heavy atom. The van der Waals surface area contributed by atoms with Gasteiger partial charge in [0.05, 0.1) is 5.69 Å². The molecule has 0 spiro atoms. The SMILES string of the molecule is c1ccc(-c2ccccc2-c2c(-c3ccccc3)cccc2N(c2ccc(-c3cccc4ccccc34)cc2)c2ccc(-c3cccc4c3oc3ccccc34)cc2)cc1. The summed E-state index contributed by atoms with van der Waals surface area (Å²) in [6, 6.07) is 84.9. The Balaban J connectivity index is 1.12. The number of fused-ring (bicyclic) bond motifs is 4. The van der Waals surface area contributed by atoms with E-state index in [4.69, 9.17) is 4.42 Å². The molecule has 2 nitrogen and oxygen atoms in total. The van der Waals surface area contributed by atoms with Crippen molar-refractivity contribution in [2.75, 3.05) is 4.90 Å². The molecule has 0 bridgehead atoms. The van der Waals surface area contributed by atoms with Crippen LogP contribution >= 0.6 is 0 Å². The van der Waals surface area contributed by atoms with Crippen molar-refractivity contribution in [2.45, 2.75) is 0 Å².